The number of rotatable bonds is 4. The van der Waals surface area contributed by atoms with Gasteiger partial charge in [-0.3, -0.25) is 0 Å². The quantitative estimate of drug-likeness (QED) is 0.753. The van der Waals surface area contributed by atoms with Crippen molar-refractivity contribution in [1.82, 2.24) is 5.32 Å². The molecule has 0 saturated heterocycles. The highest BCUT2D eigenvalue weighted by atomic mass is 19.2. The highest BCUT2D eigenvalue weighted by Gasteiger charge is 2.08. The third kappa shape index (κ3) is 3.41. The van der Waals surface area contributed by atoms with Gasteiger partial charge < -0.3 is 15.2 Å². The number of hydrogen-bond donors (Lipinski definition) is 2. The minimum atomic E-state index is -1.20. The molecule has 1 aromatic rings. The summed E-state index contributed by atoms with van der Waals surface area (Å²) in [6.45, 7) is -0.0576. The first-order valence-electron chi connectivity index (χ1n) is 4.15. The first kappa shape index (κ1) is 11.2. The average molecular weight is 217 g/mol. The van der Waals surface area contributed by atoms with Crippen molar-refractivity contribution in [2.75, 3.05) is 13.2 Å². The van der Waals surface area contributed by atoms with Gasteiger partial charge in [0.15, 0.2) is 11.6 Å². The molecule has 6 heteroatoms. The van der Waals surface area contributed by atoms with Gasteiger partial charge in [-0.05, 0) is 12.1 Å². The lowest BCUT2D eigenvalue weighted by Gasteiger charge is -2.06. The van der Waals surface area contributed by atoms with Crippen LogP contribution in [0.4, 0.5) is 13.6 Å². The lowest BCUT2D eigenvalue weighted by molar-refractivity contribution is 0.190. The third-order valence-corrected chi connectivity index (χ3v) is 1.55. The van der Waals surface area contributed by atoms with Crippen LogP contribution < -0.4 is 10.1 Å². The van der Waals surface area contributed by atoms with Crippen molar-refractivity contribution in [3.05, 3.63) is 29.8 Å². The van der Waals surface area contributed by atoms with Crippen LogP contribution in [0.1, 0.15) is 0 Å². The first-order valence-corrected chi connectivity index (χ1v) is 4.15. The molecule has 2 N–H and O–H groups in total. The fourth-order valence-electron chi connectivity index (χ4n) is 0.914. The zero-order valence-electron chi connectivity index (χ0n) is 7.67. The maximum absolute atomic E-state index is 13.0. The van der Waals surface area contributed by atoms with Gasteiger partial charge in [0.05, 0.1) is 6.54 Å². The lowest BCUT2D eigenvalue weighted by atomic mass is 10.3. The van der Waals surface area contributed by atoms with Crippen LogP contribution in [0.15, 0.2) is 18.2 Å². The summed E-state index contributed by atoms with van der Waals surface area (Å²) in [5.41, 5.74) is 0. The Morgan fingerprint density at radius 2 is 2.20 bits per heavy atom. The Morgan fingerprint density at radius 3 is 2.87 bits per heavy atom. The van der Waals surface area contributed by atoms with Crippen molar-refractivity contribution in [2.24, 2.45) is 0 Å². The van der Waals surface area contributed by atoms with Gasteiger partial charge in [-0.15, -0.1) is 0 Å². The highest BCUT2D eigenvalue weighted by molar-refractivity contribution is 5.64. The van der Waals surface area contributed by atoms with Crippen molar-refractivity contribution in [3.63, 3.8) is 0 Å². The SMILES string of the molecule is O=C(O)NCCOc1cccc(F)c1F. The number of halogens is 2. The number of benzene rings is 1. The van der Waals surface area contributed by atoms with Crippen LogP contribution in [0.2, 0.25) is 0 Å². The molecule has 0 saturated carbocycles. The van der Waals surface area contributed by atoms with E-state index in [1.807, 2.05) is 5.32 Å². The number of carboxylic acid groups (broad SMARTS) is 1. The molecule has 1 rings (SSSR count). The van der Waals surface area contributed by atoms with Crippen LogP contribution in [0, 0.1) is 11.6 Å². The zero-order chi connectivity index (χ0) is 11.3. The van der Waals surface area contributed by atoms with Gasteiger partial charge >= 0.3 is 6.09 Å². The zero-order valence-corrected chi connectivity index (χ0v) is 7.67. The monoisotopic (exact) mass is 217 g/mol. The standard InChI is InChI=1S/C9H9F2NO3/c10-6-2-1-3-7(8(6)11)15-5-4-12-9(13)14/h1-3,12H,4-5H2,(H,13,14). The lowest BCUT2D eigenvalue weighted by Crippen LogP contribution is -2.26. The molecule has 0 aliphatic heterocycles. The minimum absolute atomic E-state index is 0.00524. The van der Waals surface area contributed by atoms with Crippen molar-refractivity contribution in [2.45, 2.75) is 0 Å². The summed E-state index contributed by atoms with van der Waals surface area (Å²) in [6.07, 6.45) is -1.20. The van der Waals surface area contributed by atoms with Crippen molar-refractivity contribution in [1.29, 1.82) is 0 Å². The van der Waals surface area contributed by atoms with Crippen molar-refractivity contribution >= 4 is 6.09 Å². The molecule has 15 heavy (non-hydrogen) atoms. The number of ether oxygens (including phenoxy) is 1. The Morgan fingerprint density at radius 1 is 1.47 bits per heavy atom. The van der Waals surface area contributed by atoms with Gasteiger partial charge in [0, 0.05) is 0 Å². The van der Waals surface area contributed by atoms with Gasteiger partial charge in [-0.2, -0.15) is 4.39 Å². The molecule has 0 aliphatic carbocycles. The van der Waals surface area contributed by atoms with Crippen molar-refractivity contribution in [3.8, 4) is 5.75 Å². The molecule has 0 fully saturated rings. The van der Waals surface area contributed by atoms with E-state index in [1.165, 1.54) is 12.1 Å². The van der Waals surface area contributed by atoms with Gasteiger partial charge in [-0.1, -0.05) is 6.07 Å². The van der Waals surface area contributed by atoms with Crippen LogP contribution in [-0.2, 0) is 0 Å². The number of carbonyl (C=O) groups is 1. The van der Waals surface area contributed by atoms with E-state index >= 15 is 0 Å². The molecule has 4 nitrogen and oxygen atoms in total. The minimum Gasteiger partial charge on any atom is -0.489 e. The summed E-state index contributed by atoms with van der Waals surface area (Å²) in [7, 11) is 0. The molecule has 0 atom stereocenters. The fraction of sp³-hybridized carbons (Fsp3) is 0.222. The Bertz CT molecular complexity index is 357. The molecule has 82 valence electrons. The van der Waals surface area contributed by atoms with Crippen LogP contribution in [0.5, 0.6) is 5.75 Å². The molecule has 1 aromatic carbocycles. The second-order valence-electron chi connectivity index (χ2n) is 2.63. The molecule has 0 aliphatic rings. The van der Waals surface area contributed by atoms with Crippen molar-refractivity contribution < 1.29 is 23.4 Å². The van der Waals surface area contributed by atoms with E-state index in [-0.39, 0.29) is 18.9 Å². The topological polar surface area (TPSA) is 58.6 Å². The second kappa shape index (κ2) is 5.14. The Hall–Kier alpha value is -1.85. The number of hydrogen-bond acceptors (Lipinski definition) is 2. The predicted molar refractivity (Wildman–Crippen MR) is 47.9 cm³/mol. The van der Waals surface area contributed by atoms with E-state index in [2.05, 4.69) is 0 Å². The Labute approximate surface area is 84.5 Å². The molecular formula is C9H9F2NO3. The molecule has 0 unspecified atom stereocenters. The second-order valence-corrected chi connectivity index (χ2v) is 2.63. The maximum Gasteiger partial charge on any atom is 0.404 e. The fourth-order valence-corrected chi connectivity index (χ4v) is 0.914. The van der Waals surface area contributed by atoms with E-state index in [9.17, 15) is 13.6 Å². The molecule has 0 spiro atoms. The van der Waals surface area contributed by atoms with Crippen LogP contribution in [0.25, 0.3) is 0 Å². The van der Waals surface area contributed by atoms with E-state index in [1.54, 1.807) is 0 Å². The summed E-state index contributed by atoms with van der Waals surface area (Å²) in [6, 6.07) is 3.54. The van der Waals surface area contributed by atoms with Gasteiger partial charge in [0.2, 0.25) is 5.82 Å². The number of amides is 1. The molecule has 0 bridgehead atoms. The molecule has 0 radical (unpaired) electrons. The summed E-state index contributed by atoms with van der Waals surface area (Å²) < 4.78 is 30.4. The summed E-state index contributed by atoms with van der Waals surface area (Å²) in [4.78, 5) is 10.0. The third-order valence-electron chi connectivity index (χ3n) is 1.55. The average Bonchev–Trinajstić information content (AvgIpc) is 2.18. The van der Waals surface area contributed by atoms with E-state index in [4.69, 9.17) is 9.84 Å². The smallest absolute Gasteiger partial charge is 0.404 e. The Balaban J connectivity index is 2.44. The molecule has 0 heterocycles. The summed E-state index contributed by atoms with van der Waals surface area (Å²) in [5.74, 6) is -2.31. The molecule has 1 amide bonds. The van der Waals surface area contributed by atoms with Crippen LogP contribution >= 0.6 is 0 Å². The molecular weight excluding hydrogens is 208 g/mol. The van der Waals surface area contributed by atoms with Gasteiger partial charge in [0.25, 0.3) is 0 Å². The first-order chi connectivity index (χ1) is 7.11. The normalized spacial score (nSPS) is 9.73. The largest absolute Gasteiger partial charge is 0.489 e. The number of nitrogens with one attached hydrogen (secondary N) is 1. The van der Waals surface area contributed by atoms with Crippen LogP contribution in [-0.4, -0.2) is 24.4 Å². The van der Waals surface area contributed by atoms with E-state index in [0.29, 0.717) is 0 Å². The van der Waals surface area contributed by atoms with Crippen LogP contribution in [0.3, 0.4) is 0 Å². The summed E-state index contributed by atoms with van der Waals surface area (Å²) in [5, 5.41) is 10.2. The predicted octanol–water partition coefficient (Wildman–Crippen LogP) is 1.61. The highest BCUT2D eigenvalue weighted by Crippen LogP contribution is 2.18. The molecule has 0 aromatic heterocycles. The maximum atomic E-state index is 13.0. The van der Waals surface area contributed by atoms with Gasteiger partial charge in [-0.25, -0.2) is 9.18 Å². The van der Waals surface area contributed by atoms with E-state index in [0.717, 1.165) is 6.07 Å². The van der Waals surface area contributed by atoms with Gasteiger partial charge in [0.1, 0.15) is 6.61 Å². The van der Waals surface area contributed by atoms with E-state index < -0.39 is 17.7 Å². The Kier molecular flexibility index (Phi) is 3.84. The summed E-state index contributed by atoms with van der Waals surface area (Å²) >= 11 is 0.